The number of ether oxygens (including phenoxy) is 1. The number of aliphatic hydroxyl groups is 2. The van der Waals surface area contributed by atoms with E-state index in [1.54, 1.807) is 0 Å². The average Bonchev–Trinajstić information content (AvgIpc) is 3.34. The van der Waals surface area contributed by atoms with Gasteiger partial charge in [0.15, 0.2) is 0 Å². The number of hydrogen-bond acceptors (Lipinski definition) is 5. The molecule has 2 atom stereocenters. The molecule has 0 fully saturated rings. The molecular weight excluding hydrogens is 839 g/mol. The minimum Gasteiger partial charge on any atom is -0.466 e. The van der Waals surface area contributed by atoms with Crippen LogP contribution in [-0.2, 0) is 14.3 Å². The number of carbonyl (C=O) groups is 2. The highest BCUT2D eigenvalue weighted by molar-refractivity contribution is 5.76. The summed E-state index contributed by atoms with van der Waals surface area (Å²) in [6.45, 7) is 4.92. The third kappa shape index (κ3) is 53.7. The van der Waals surface area contributed by atoms with Crippen LogP contribution in [-0.4, -0.2) is 47.4 Å². The molecule has 6 nitrogen and oxygen atoms in total. The number of carbonyl (C=O) groups excluding carboxylic acids is 2. The van der Waals surface area contributed by atoms with E-state index in [1.165, 1.54) is 250 Å². The summed E-state index contributed by atoms with van der Waals surface area (Å²) in [5.41, 5.74) is 0. The van der Waals surface area contributed by atoms with Crippen molar-refractivity contribution in [3.63, 3.8) is 0 Å². The number of rotatable bonds is 57. The maximum absolute atomic E-state index is 12.4. The predicted molar refractivity (Wildman–Crippen MR) is 296 cm³/mol. The van der Waals surface area contributed by atoms with E-state index >= 15 is 0 Å². The van der Waals surface area contributed by atoms with Gasteiger partial charge in [0.2, 0.25) is 5.91 Å². The lowest BCUT2D eigenvalue weighted by atomic mass is 10.0. The van der Waals surface area contributed by atoms with Crippen molar-refractivity contribution in [2.75, 3.05) is 13.2 Å². The van der Waals surface area contributed by atoms with Crippen LogP contribution >= 0.6 is 0 Å². The van der Waals surface area contributed by atoms with Gasteiger partial charge in [0.1, 0.15) is 0 Å². The molecule has 0 heterocycles. The molecule has 0 aromatic rings. The van der Waals surface area contributed by atoms with Gasteiger partial charge in [0.25, 0.3) is 0 Å². The van der Waals surface area contributed by atoms with E-state index in [2.05, 4.69) is 43.5 Å². The van der Waals surface area contributed by atoms with E-state index in [4.69, 9.17) is 4.74 Å². The van der Waals surface area contributed by atoms with Gasteiger partial charge in [-0.15, -0.1) is 0 Å². The Hall–Kier alpha value is -1.66. The van der Waals surface area contributed by atoms with E-state index in [1.807, 2.05) is 0 Å². The van der Waals surface area contributed by atoms with Crippen LogP contribution in [0.5, 0.6) is 0 Å². The molecule has 0 rings (SSSR count). The zero-order valence-electron chi connectivity index (χ0n) is 45.9. The van der Waals surface area contributed by atoms with Crippen LogP contribution in [0.2, 0.25) is 0 Å². The van der Waals surface area contributed by atoms with Gasteiger partial charge in [0.05, 0.1) is 25.4 Å². The molecular formula is C62H119NO5. The number of amides is 1. The number of aliphatic hydroxyl groups excluding tert-OH is 2. The highest BCUT2D eigenvalue weighted by Crippen LogP contribution is 2.18. The van der Waals surface area contributed by atoms with Crippen molar-refractivity contribution in [2.45, 2.75) is 347 Å². The van der Waals surface area contributed by atoms with Gasteiger partial charge >= 0.3 is 5.97 Å². The molecule has 0 saturated heterocycles. The normalized spacial score (nSPS) is 12.7. The molecule has 6 heteroatoms. The maximum atomic E-state index is 12.4. The van der Waals surface area contributed by atoms with Crippen molar-refractivity contribution in [3.8, 4) is 0 Å². The maximum Gasteiger partial charge on any atom is 0.305 e. The fourth-order valence-electron chi connectivity index (χ4n) is 9.55. The topological polar surface area (TPSA) is 95.9 Å². The first-order valence-corrected chi connectivity index (χ1v) is 30.6. The first-order valence-electron chi connectivity index (χ1n) is 30.6. The third-order valence-electron chi connectivity index (χ3n) is 14.3. The smallest absolute Gasteiger partial charge is 0.305 e. The average molecular weight is 959 g/mol. The Labute approximate surface area is 424 Å². The van der Waals surface area contributed by atoms with Gasteiger partial charge in [-0.3, -0.25) is 9.59 Å². The molecule has 0 aromatic carbocycles. The van der Waals surface area contributed by atoms with Gasteiger partial charge in [-0.1, -0.05) is 289 Å². The molecule has 3 N–H and O–H groups in total. The molecule has 1 amide bonds. The summed E-state index contributed by atoms with van der Waals surface area (Å²) in [4.78, 5) is 24.5. The van der Waals surface area contributed by atoms with Gasteiger partial charge in [0, 0.05) is 12.8 Å². The molecule has 0 saturated carbocycles. The molecule has 402 valence electrons. The van der Waals surface area contributed by atoms with Crippen molar-refractivity contribution >= 4 is 11.9 Å². The molecule has 0 aliphatic carbocycles. The van der Waals surface area contributed by atoms with E-state index in [-0.39, 0.29) is 18.5 Å². The first-order chi connectivity index (χ1) is 33.5. The minimum atomic E-state index is -0.661. The highest BCUT2D eigenvalue weighted by atomic mass is 16.5. The SMILES string of the molecule is CCCCC/C=C\C/C=C\CCCCCCCCCCCC(=O)OCCCCCCCCCCCCCCCCCCCCCCCCCC(=O)NC(CO)C(O)CCCCCCCCCCC. The Morgan fingerprint density at radius 2 is 0.735 bits per heavy atom. The fraction of sp³-hybridized carbons (Fsp3) is 0.903. The third-order valence-corrected chi connectivity index (χ3v) is 14.3. The van der Waals surface area contributed by atoms with Gasteiger partial charge in [-0.05, 0) is 57.8 Å². The Morgan fingerprint density at radius 1 is 0.412 bits per heavy atom. The molecule has 0 aromatic heterocycles. The van der Waals surface area contributed by atoms with Crippen LogP contribution in [0.1, 0.15) is 335 Å². The van der Waals surface area contributed by atoms with Crippen LogP contribution in [0, 0.1) is 0 Å². The standard InChI is InChI=1S/C62H119NO5/c1-3-5-7-9-11-13-14-15-16-17-23-27-30-33-36-40-44-48-52-56-62(67)68-57-53-49-45-41-37-34-31-28-25-22-20-18-19-21-24-26-29-32-35-39-43-47-51-55-61(66)63-59(58-64)60(65)54-50-46-42-38-12-10-8-6-4-2/h11,13,15-16,59-60,64-65H,3-10,12,14,17-58H2,1-2H3,(H,63,66)/b13-11-,16-15-. The van der Waals surface area contributed by atoms with Crippen molar-refractivity contribution in [1.82, 2.24) is 5.32 Å². The largest absolute Gasteiger partial charge is 0.466 e. The number of nitrogens with one attached hydrogen (secondary N) is 1. The number of allylic oxidation sites excluding steroid dienone is 4. The van der Waals surface area contributed by atoms with E-state index in [0.717, 1.165) is 51.4 Å². The number of esters is 1. The quantitative estimate of drug-likeness (QED) is 0.0321. The molecule has 0 bridgehead atoms. The van der Waals surface area contributed by atoms with Gasteiger partial charge < -0.3 is 20.3 Å². The lowest BCUT2D eigenvalue weighted by molar-refractivity contribution is -0.143. The van der Waals surface area contributed by atoms with Crippen LogP contribution in [0.15, 0.2) is 24.3 Å². The highest BCUT2D eigenvalue weighted by Gasteiger charge is 2.20. The summed E-state index contributed by atoms with van der Waals surface area (Å²) in [7, 11) is 0. The summed E-state index contributed by atoms with van der Waals surface area (Å²) in [5, 5.41) is 23.1. The van der Waals surface area contributed by atoms with Gasteiger partial charge in [-0.25, -0.2) is 0 Å². The molecule has 0 spiro atoms. The van der Waals surface area contributed by atoms with E-state index < -0.39 is 12.1 Å². The number of hydrogen-bond donors (Lipinski definition) is 3. The Morgan fingerprint density at radius 3 is 1.15 bits per heavy atom. The zero-order valence-corrected chi connectivity index (χ0v) is 45.9. The predicted octanol–water partition coefficient (Wildman–Crippen LogP) is 19.0. The van der Waals surface area contributed by atoms with Crippen molar-refractivity contribution < 1.29 is 24.5 Å². The molecule has 0 radical (unpaired) electrons. The molecule has 68 heavy (non-hydrogen) atoms. The van der Waals surface area contributed by atoms with Crippen molar-refractivity contribution in [2.24, 2.45) is 0 Å². The van der Waals surface area contributed by atoms with Crippen LogP contribution < -0.4 is 5.32 Å². The summed E-state index contributed by atoms with van der Waals surface area (Å²) >= 11 is 0. The lowest BCUT2D eigenvalue weighted by Gasteiger charge is -2.22. The van der Waals surface area contributed by atoms with Crippen LogP contribution in [0.25, 0.3) is 0 Å². The molecule has 0 aliphatic rings. The zero-order chi connectivity index (χ0) is 49.3. The Balaban J connectivity index is 3.33. The van der Waals surface area contributed by atoms with Crippen LogP contribution in [0.4, 0.5) is 0 Å². The summed E-state index contributed by atoms with van der Waals surface area (Å²) in [6, 6.07) is -0.538. The van der Waals surface area contributed by atoms with Crippen LogP contribution in [0.3, 0.4) is 0 Å². The second kappa shape index (κ2) is 57.9. The van der Waals surface area contributed by atoms with Gasteiger partial charge in [-0.2, -0.15) is 0 Å². The second-order valence-electron chi connectivity index (χ2n) is 21.0. The Bertz CT molecular complexity index is 1060. The van der Waals surface area contributed by atoms with Crippen molar-refractivity contribution in [3.05, 3.63) is 24.3 Å². The lowest BCUT2D eigenvalue weighted by Crippen LogP contribution is -2.45. The Kier molecular flexibility index (Phi) is 56.5. The molecule has 2 unspecified atom stereocenters. The monoisotopic (exact) mass is 958 g/mol. The summed E-state index contributed by atoms with van der Waals surface area (Å²) in [5.74, 6) is -0.0252. The number of unbranched alkanes of at least 4 members (excludes halogenated alkanes) is 42. The first kappa shape index (κ1) is 66.3. The fourth-order valence-corrected chi connectivity index (χ4v) is 9.55. The van der Waals surface area contributed by atoms with E-state index in [0.29, 0.717) is 25.9 Å². The summed E-state index contributed by atoms with van der Waals surface area (Å²) < 4.78 is 5.50. The second-order valence-corrected chi connectivity index (χ2v) is 21.0. The minimum absolute atomic E-state index is 0.0108. The summed E-state index contributed by atoms with van der Waals surface area (Å²) in [6.07, 6.45) is 70.5. The van der Waals surface area contributed by atoms with E-state index in [9.17, 15) is 19.8 Å². The molecule has 0 aliphatic heterocycles. The van der Waals surface area contributed by atoms with Crippen molar-refractivity contribution in [1.29, 1.82) is 0 Å².